The van der Waals surface area contributed by atoms with E-state index in [0.29, 0.717) is 12.0 Å². The van der Waals surface area contributed by atoms with Gasteiger partial charge < -0.3 is 15.3 Å². The van der Waals surface area contributed by atoms with E-state index in [9.17, 15) is 14.4 Å². The number of carboxylic acid groups (broad SMARTS) is 3. The Labute approximate surface area is 135 Å². The Morgan fingerprint density at radius 1 is 0.913 bits per heavy atom. The highest BCUT2D eigenvalue weighted by atomic mass is 16.4. The number of hydrogen-bond acceptors (Lipinski definition) is 3. The van der Waals surface area contributed by atoms with Gasteiger partial charge in [0.05, 0.1) is 11.1 Å². The fraction of sp³-hybridized carbons (Fsp3) is 0.471. The molecular formula is C17H24O6. The van der Waals surface area contributed by atoms with Crippen LogP contribution in [0.3, 0.4) is 0 Å². The van der Waals surface area contributed by atoms with Gasteiger partial charge >= 0.3 is 17.9 Å². The third kappa shape index (κ3) is 9.29. The second-order valence-corrected chi connectivity index (χ2v) is 5.20. The standard InChI is InChI=1S/C9H8O4.C8H16O2/c1-5-2-3-6(8(10)11)4-7(5)9(12)13;1-2-3-4-5-6-7-8(9)10/h2-4H,1H3,(H,10,11)(H,12,13);2-7H2,1H3,(H,9,10). The van der Waals surface area contributed by atoms with E-state index in [-0.39, 0.29) is 11.1 Å². The SMILES string of the molecule is CCCCCCCC(=O)O.Cc1ccc(C(=O)O)cc1C(=O)O. The second kappa shape index (κ2) is 11.2. The molecule has 0 spiro atoms. The summed E-state index contributed by atoms with van der Waals surface area (Å²) in [6.45, 7) is 3.77. The first-order chi connectivity index (χ1) is 10.8. The van der Waals surface area contributed by atoms with Crippen molar-refractivity contribution in [3.05, 3.63) is 34.9 Å². The van der Waals surface area contributed by atoms with Crippen molar-refractivity contribution in [2.75, 3.05) is 0 Å². The van der Waals surface area contributed by atoms with Crippen LogP contribution in [-0.4, -0.2) is 33.2 Å². The van der Waals surface area contributed by atoms with Crippen molar-refractivity contribution in [2.24, 2.45) is 0 Å². The average molecular weight is 324 g/mol. The highest BCUT2D eigenvalue weighted by molar-refractivity contribution is 5.94. The normalized spacial score (nSPS) is 9.65. The van der Waals surface area contributed by atoms with Crippen LogP contribution in [0.4, 0.5) is 0 Å². The Balaban J connectivity index is 0.000000438. The summed E-state index contributed by atoms with van der Waals surface area (Å²) in [6.07, 6.45) is 5.88. The van der Waals surface area contributed by atoms with E-state index in [4.69, 9.17) is 15.3 Å². The second-order valence-electron chi connectivity index (χ2n) is 5.20. The number of unbranched alkanes of at least 4 members (excludes halogenated alkanes) is 4. The number of aryl methyl sites for hydroxylation is 1. The number of benzene rings is 1. The minimum Gasteiger partial charge on any atom is -0.481 e. The number of aromatic carboxylic acids is 2. The molecule has 0 aliphatic rings. The summed E-state index contributed by atoms with van der Waals surface area (Å²) in [5.74, 6) is -2.90. The molecule has 0 saturated heterocycles. The minimum absolute atomic E-state index is 0.0111. The molecule has 0 heterocycles. The zero-order valence-corrected chi connectivity index (χ0v) is 13.5. The van der Waals surface area contributed by atoms with Gasteiger partial charge in [-0.05, 0) is 31.0 Å². The molecule has 0 aromatic heterocycles. The first kappa shape index (κ1) is 20.6. The fourth-order valence-corrected chi connectivity index (χ4v) is 1.87. The van der Waals surface area contributed by atoms with Crippen LogP contribution in [0.25, 0.3) is 0 Å². The fourth-order valence-electron chi connectivity index (χ4n) is 1.87. The highest BCUT2D eigenvalue weighted by Crippen LogP contribution is 2.11. The lowest BCUT2D eigenvalue weighted by Crippen LogP contribution is -2.03. The molecule has 0 aliphatic heterocycles. The molecule has 1 aromatic rings. The maximum Gasteiger partial charge on any atom is 0.335 e. The summed E-state index contributed by atoms with van der Waals surface area (Å²) >= 11 is 0. The van der Waals surface area contributed by atoms with Gasteiger partial charge in [0.2, 0.25) is 0 Å². The van der Waals surface area contributed by atoms with E-state index < -0.39 is 17.9 Å². The Kier molecular flexibility index (Phi) is 10.1. The lowest BCUT2D eigenvalue weighted by atomic mass is 10.1. The minimum atomic E-state index is -1.12. The van der Waals surface area contributed by atoms with Crippen LogP contribution >= 0.6 is 0 Å². The topological polar surface area (TPSA) is 112 Å². The van der Waals surface area contributed by atoms with Crippen molar-refractivity contribution in [3.63, 3.8) is 0 Å². The van der Waals surface area contributed by atoms with Gasteiger partial charge in [-0.2, -0.15) is 0 Å². The van der Waals surface area contributed by atoms with Crippen LogP contribution < -0.4 is 0 Å². The van der Waals surface area contributed by atoms with Crippen LogP contribution in [-0.2, 0) is 4.79 Å². The number of hydrogen-bond donors (Lipinski definition) is 3. The van der Waals surface area contributed by atoms with Crippen molar-refractivity contribution in [1.82, 2.24) is 0 Å². The van der Waals surface area contributed by atoms with E-state index in [0.717, 1.165) is 18.9 Å². The van der Waals surface area contributed by atoms with Crippen molar-refractivity contribution in [3.8, 4) is 0 Å². The molecule has 0 fully saturated rings. The molecule has 0 aliphatic carbocycles. The average Bonchev–Trinajstić information content (AvgIpc) is 2.47. The van der Waals surface area contributed by atoms with E-state index in [2.05, 4.69) is 6.92 Å². The van der Waals surface area contributed by atoms with Crippen LogP contribution in [0.15, 0.2) is 18.2 Å². The Morgan fingerprint density at radius 3 is 2.00 bits per heavy atom. The van der Waals surface area contributed by atoms with Crippen molar-refractivity contribution >= 4 is 17.9 Å². The number of rotatable bonds is 8. The third-order valence-electron chi connectivity index (χ3n) is 3.21. The van der Waals surface area contributed by atoms with E-state index in [1.807, 2.05) is 0 Å². The first-order valence-electron chi connectivity index (χ1n) is 7.58. The Hall–Kier alpha value is -2.37. The summed E-state index contributed by atoms with van der Waals surface area (Å²) in [4.78, 5) is 31.1. The molecule has 128 valence electrons. The van der Waals surface area contributed by atoms with Gasteiger partial charge in [0, 0.05) is 6.42 Å². The molecule has 0 unspecified atom stereocenters. The summed E-state index contributed by atoms with van der Waals surface area (Å²) in [5.41, 5.74) is 0.570. The van der Waals surface area contributed by atoms with Crippen LogP contribution in [0, 0.1) is 6.92 Å². The summed E-state index contributed by atoms with van der Waals surface area (Å²) in [7, 11) is 0. The largest absolute Gasteiger partial charge is 0.481 e. The van der Waals surface area contributed by atoms with Gasteiger partial charge in [-0.25, -0.2) is 9.59 Å². The molecule has 6 nitrogen and oxygen atoms in total. The summed E-state index contributed by atoms with van der Waals surface area (Å²) in [5, 5.41) is 25.5. The van der Waals surface area contributed by atoms with Gasteiger partial charge in [-0.15, -0.1) is 0 Å². The molecule has 0 radical (unpaired) electrons. The molecule has 23 heavy (non-hydrogen) atoms. The highest BCUT2D eigenvalue weighted by Gasteiger charge is 2.10. The predicted molar refractivity (Wildman–Crippen MR) is 86.1 cm³/mol. The molecule has 0 bridgehead atoms. The quantitative estimate of drug-likeness (QED) is 0.627. The van der Waals surface area contributed by atoms with E-state index >= 15 is 0 Å². The molecule has 1 aromatic carbocycles. The van der Waals surface area contributed by atoms with Crippen molar-refractivity contribution in [1.29, 1.82) is 0 Å². The van der Waals surface area contributed by atoms with Crippen molar-refractivity contribution < 1.29 is 29.7 Å². The van der Waals surface area contributed by atoms with E-state index in [1.165, 1.54) is 31.4 Å². The van der Waals surface area contributed by atoms with Crippen LogP contribution in [0.2, 0.25) is 0 Å². The Morgan fingerprint density at radius 2 is 1.52 bits per heavy atom. The van der Waals surface area contributed by atoms with Crippen molar-refractivity contribution in [2.45, 2.75) is 52.4 Å². The first-order valence-corrected chi connectivity index (χ1v) is 7.58. The number of carboxylic acids is 3. The molecule has 3 N–H and O–H groups in total. The lowest BCUT2D eigenvalue weighted by molar-refractivity contribution is -0.137. The van der Waals surface area contributed by atoms with Crippen LogP contribution in [0.1, 0.15) is 71.7 Å². The molecule has 0 atom stereocenters. The zero-order valence-electron chi connectivity index (χ0n) is 13.5. The van der Waals surface area contributed by atoms with E-state index in [1.54, 1.807) is 6.92 Å². The molecule has 0 amide bonds. The molecule has 0 saturated carbocycles. The summed E-state index contributed by atoms with van der Waals surface area (Å²) < 4.78 is 0. The molecule has 1 rings (SSSR count). The zero-order chi connectivity index (χ0) is 17.8. The van der Waals surface area contributed by atoms with Gasteiger partial charge in [-0.3, -0.25) is 4.79 Å². The smallest absolute Gasteiger partial charge is 0.335 e. The molecule has 6 heteroatoms. The van der Waals surface area contributed by atoms with Crippen LogP contribution in [0.5, 0.6) is 0 Å². The maximum atomic E-state index is 10.6. The predicted octanol–water partition coefficient (Wildman–Crippen LogP) is 3.82. The lowest BCUT2D eigenvalue weighted by Gasteiger charge is -2.01. The summed E-state index contributed by atoms with van der Waals surface area (Å²) in [6, 6.07) is 4.01. The van der Waals surface area contributed by atoms with Gasteiger partial charge in [0.15, 0.2) is 0 Å². The Bertz CT molecular complexity index is 536. The van der Waals surface area contributed by atoms with Gasteiger partial charge in [0.25, 0.3) is 0 Å². The maximum absolute atomic E-state index is 10.6. The number of carbonyl (C=O) groups is 3. The monoisotopic (exact) mass is 324 g/mol. The van der Waals surface area contributed by atoms with Gasteiger partial charge in [0.1, 0.15) is 0 Å². The van der Waals surface area contributed by atoms with Gasteiger partial charge in [-0.1, -0.05) is 38.7 Å². The third-order valence-corrected chi connectivity index (χ3v) is 3.21. The number of aliphatic carboxylic acids is 1. The molecular weight excluding hydrogens is 300 g/mol.